The molecule has 0 saturated carbocycles. The van der Waals surface area contributed by atoms with Crippen molar-refractivity contribution in [3.05, 3.63) is 251 Å². The average Bonchev–Trinajstić information content (AvgIpc) is 3.28. The quantitative estimate of drug-likeness (QED) is 0.0878. The second-order valence-corrected chi connectivity index (χ2v) is 13.9. The van der Waals surface area contributed by atoms with Crippen LogP contribution in [0, 0.1) is 0 Å². The number of allylic oxidation sites excluding steroid dienone is 8. The smallest absolute Gasteiger partial charge is 0.0619 e. The predicted molar refractivity (Wildman–Crippen MR) is 238 cm³/mol. The van der Waals surface area contributed by atoms with Gasteiger partial charge in [0, 0.05) is 44.3 Å². The molecule has 266 valence electrons. The first-order valence-corrected chi connectivity index (χ1v) is 19.2. The number of fused-ring (bicyclic) bond motifs is 2. The van der Waals surface area contributed by atoms with Gasteiger partial charge >= 0.3 is 0 Å². The van der Waals surface area contributed by atoms with Crippen LogP contribution in [0.15, 0.2) is 240 Å². The molecular weight excluding hydrogens is 677 g/mol. The summed E-state index contributed by atoms with van der Waals surface area (Å²) >= 11 is 0. The number of rotatable bonds is 8. The normalized spacial score (nSPS) is 13.4. The summed E-state index contributed by atoms with van der Waals surface area (Å²) < 4.78 is 0. The molecule has 0 atom stereocenters. The maximum atomic E-state index is 3.54. The van der Waals surface area contributed by atoms with E-state index in [0.29, 0.717) is 0 Å². The molecule has 2 aliphatic rings. The van der Waals surface area contributed by atoms with Crippen LogP contribution < -0.4 is 9.80 Å². The van der Waals surface area contributed by atoms with E-state index in [1.165, 1.54) is 21.5 Å². The highest BCUT2D eigenvalue weighted by Crippen LogP contribution is 2.49. The van der Waals surface area contributed by atoms with E-state index >= 15 is 0 Å². The van der Waals surface area contributed by atoms with Gasteiger partial charge in [0.2, 0.25) is 0 Å². The van der Waals surface area contributed by atoms with Crippen molar-refractivity contribution in [3.8, 4) is 0 Å². The van der Waals surface area contributed by atoms with E-state index in [1.54, 1.807) is 0 Å². The van der Waals surface area contributed by atoms with Crippen LogP contribution in [0.3, 0.4) is 0 Å². The van der Waals surface area contributed by atoms with Gasteiger partial charge in [0.15, 0.2) is 0 Å². The van der Waals surface area contributed by atoms with Crippen LogP contribution in [0.25, 0.3) is 33.7 Å². The minimum Gasteiger partial charge on any atom is -0.310 e. The average molecular weight is 717 g/mol. The first-order valence-electron chi connectivity index (χ1n) is 19.2. The zero-order valence-corrected chi connectivity index (χ0v) is 31.1. The fourth-order valence-electron chi connectivity index (χ4n) is 7.60. The van der Waals surface area contributed by atoms with Gasteiger partial charge in [-0.1, -0.05) is 158 Å². The van der Waals surface area contributed by atoms with E-state index in [2.05, 4.69) is 228 Å². The van der Waals surface area contributed by atoms with E-state index in [0.717, 1.165) is 69.3 Å². The number of benzene rings is 7. The van der Waals surface area contributed by atoms with Crippen molar-refractivity contribution >= 4 is 56.4 Å². The molecule has 0 spiro atoms. The summed E-state index contributed by atoms with van der Waals surface area (Å²) in [6.45, 7) is 0. The van der Waals surface area contributed by atoms with Crippen molar-refractivity contribution in [3.63, 3.8) is 0 Å². The van der Waals surface area contributed by atoms with Crippen molar-refractivity contribution in [1.29, 1.82) is 0 Å². The molecule has 9 rings (SSSR count). The first kappa shape index (κ1) is 34.4. The lowest BCUT2D eigenvalue weighted by atomic mass is 9.94. The molecule has 7 aromatic carbocycles. The summed E-state index contributed by atoms with van der Waals surface area (Å²) in [5.41, 5.74) is 18.5. The van der Waals surface area contributed by atoms with Gasteiger partial charge in [0.25, 0.3) is 0 Å². The summed E-state index contributed by atoms with van der Waals surface area (Å²) in [6, 6.07) is 60.0. The van der Waals surface area contributed by atoms with Gasteiger partial charge in [-0.15, -0.1) is 11.5 Å². The largest absolute Gasteiger partial charge is 0.310 e. The lowest BCUT2D eigenvalue weighted by Crippen LogP contribution is -2.20. The Kier molecular flexibility index (Phi) is 9.81. The molecule has 0 aromatic heterocycles. The van der Waals surface area contributed by atoms with Gasteiger partial charge in [0.1, 0.15) is 0 Å². The molecule has 0 heterocycles. The highest BCUT2D eigenvalue weighted by atomic mass is 15.2. The van der Waals surface area contributed by atoms with Gasteiger partial charge in [0.05, 0.1) is 11.4 Å². The van der Waals surface area contributed by atoms with Gasteiger partial charge in [-0.2, -0.15) is 0 Å². The summed E-state index contributed by atoms with van der Waals surface area (Å²) in [5.74, 6) is 0. The van der Waals surface area contributed by atoms with Crippen molar-refractivity contribution in [2.24, 2.45) is 0 Å². The fourth-order valence-corrected chi connectivity index (χ4v) is 7.60. The summed E-state index contributed by atoms with van der Waals surface area (Å²) in [4.78, 5) is 4.87. The monoisotopic (exact) mass is 716 g/mol. The minimum atomic E-state index is 0.783. The Morgan fingerprint density at radius 1 is 0.357 bits per heavy atom. The summed E-state index contributed by atoms with van der Waals surface area (Å²) in [5, 5.41) is 4.71. The minimum absolute atomic E-state index is 0.783. The molecule has 0 radical (unpaired) electrons. The van der Waals surface area contributed by atoms with E-state index in [1.807, 2.05) is 12.1 Å². The summed E-state index contributed by atoms with van der Waals surface area (Å²) in [6.07, 6.45) is 19.3. The molecule has 0 unspecified atom stereocenters. The second kappa shape index (κ2) is 15.9. The molecule has 0 saturated heterocycles. The fraction of sp³-hybridized carbons (Fsp3) is 0.0370. The number of para-hydroxylation sites is 2. The lowest BCUT2D eigenvalue weighted by molar-refractivity contribution is 1.14. The van der Waals surface area contributed by atoms with Crippen LogP contribution in [0.1, 0.15) is 24.0 Å². The SMILES string of the molecule is C(=Cc1ccccc1)=C1C=CC(N(c2ccccc2)c2c3ccccc3c(N(C3=CCC(=C=Cc4ccccc4)C=C3)c3ccccc3)c3ccccc23)=CC1. The first-order chi connectivity index (χ1) is 27.8. The molecule has 0 bridgehead atoms. The highest BCUT2D eigenvalue weighted by Gasteiger charge is 2.26. The summed E-state index contributed by atoms with van der Waals surface area (Å²) in [7, 11) is 0. The Morgan fingerprint density at radius 2 is 0.679 bits per heavy atom. The van der Waals surface area contributed by atoms with E-state index in [9.17, 15) is 0 Å². The lowest BCUT2D eigenvalue weighted by Gasteiger charge is -2.34. The Morgan fingerprint density at radius 3 is 1.00 bits per heavy atom. The third-order valence-corrected chi connectivity index (χ3v) is 10.3. The Labute approximate surface area is 329 Å². The number of nitrogens with zero attached hydrogens (tertiary/aromatic N) is 2. The zero-order chi connectivity index (χ0) is 37.5. The van der Waals surface area contributed by atoms with Crippen molar-refractivity contribution in [1.82, 2.24) is 0 Å². The van der Waals surface area contributed by atoms with E-state index < -0.39 is 0 Å². The molecule has 0 fully saturated rings. The van der Waals surface area contributed by atoms with Crippen molar-refractivity contribution in [2.75, 3.05) is 9.80 Å². The van der Waals surface area contributed by atoms with Crippen LogP contribution in [0.2, 0.25) is 0 Å². The molecule has 2 aliphatic carbocycles. The number of hydrogen-bond acceptors (Lipinski definition) is 2. The molecule has 0 amide bonds. The number of hydrogen-bond donors (Lipinski definition) is 0. The second-order valence-electron chi connectivity index (χ2n) is 13.9. The molecule has 56 heavy (non-hydrogen) atoms. The molecule has 7 aromatic rings. The zero-order valence-electron chi connectivity index (χ0n) is 31.1. The third-order valence-electron chi connectivity index (χ3n) is 10.3. The maximum absolute atomic E-state index is 3.54. The molecule has 2 nitrogen and oxygen atoms in total. The van der Waals surface area contributed by atoms with Crippen LogP contribution in [-0.4, -0.2) is 0 Å². The molecule has 0 N–H and O–H groups in total. The van der Waals surface area contributed by atoms with E-state index in [4.69, 9.17) is 0 Å². The van der Waals surface area contributed by atoms with Crippen LogP contribution in [-0.2, 0) is 0 Å². The van der Waals surface area contributed by atoms with Crippen molar-refractivity contribution < 1.29 is 0 Å². The van der Waals surface area contributed by atoms with Gasteiger partial charge < -0.3 is 9.80 Å². The molecule has 2 heteroatoms. The third kappa shape index (κ3) is 7.15. The Bertz CT molecular complexity index is 2540. The highest BCUT2D eigenvalue weighted by molar-refractivity contribution is 6.22. The van der Waals surface area contributed by atoms with Crippen LogP contribution in [0.5, 0.6) is 0 Å². The van der Waals surface area contributed by atoms with Crippen LogP contribution in [0.4, 0.5) is 22.7 Å². The van der Waals surface area contributed by atoms with Gasteiger partial charge in [-0.05, 0) is 95.8 Å². The predicted octanol–water partition coefficient (Wildman–Crippen LogP) is 14.4. The standard InChI is InChI=1S/C54H40N2/c1-5-17-41(18-6-1)29-31-43-33-37-47(38-34-43)55(45-21-9-3-10-22-45)53-49-25-13-15-27-51(49)54(52-28-16-14-26-50(52)53)56(46-23-11-4-12-24-46)48-39-35-44(36-40-48)32-30-42-19-7-2-8-20-42/h1-30,33,35,37-40H,34,36H2. The molecule has 0 aliphatic heterocycles. The van der Waals surface area contributed by atoms with Crippen molar-refractivity contribution in [2.45, 2.75) is 12.8 Å². The Hall–Kier alpha value is -7.34. The topological polar surface area (TPSA) is 6.48 Å². The Balaban J connectivity index is 1.21. The van der Waals surface area contributed by atoms with Gasteiger partial charge in [-0.25, -0.2) is 0 Å². The van der Waals surface area contributed by atoms with Gasteiger partial charge in [-0.3, -0.25) is 0 Å². The maximum Gasteiger partial charge on any atom is 0.0619 e. The van der Waals surface area contributed by atoms with E-state index in [-0.39, 0.29) is 0 Å². The molecular formula is C54H40N2. The number of anilines is 4. The van der Waals surface area contributed by atoms with Crippen LogP contribution >= 0.6 is 0 Å².